The molecule has 0 saturated carbocycles. The number of amides is 2. The molecule has 2 amide bonds. The molecule has 0 aromatic heterocycles. The van der Waals surface area contributed by atoms with Gasteiger partial charge in [0.15, 0.2) is 0 Å². The van der Waals surface area contributed by atoms with Crippen LogP contribution in [0.15, 0.2) is 36.9 Å². The number of likely N-dealkylation sites (tertiary alicyclic amines) is 1. The molecule has 1 heterocycles. The fraction of sp³-hybridized carbons (Fsp3) is 0.545. The monoisotopic (exact) mass is 385 g/mol. The Morgan fingerprint density at radius 1 is 1.36 bits per heavy atom. The summed E-state index contributed by atoms with van der Waals surface area (Å²) in [6.07, 6.45) is 5.70. The molecule has 1 aliphatic heterocycles. The topological polar surface area (TPSA) is 84.7 Å². The normalized spacial score (nSPS) is 23.6. The van der Waals surface area contributed by atoms with Crippen molar-refractivity contribution < 1.29 is 14.3 Å². The Bertz CT molecular complexity index is 721. The van der Waals surface area contributed by atoms with Crippen LogP contribution in [0.4, 0.5) is 0 Å². The van der Waals surface area contributed by atoms with Crippen molar-refractivity contribution in [3.63, 3.8) is 0 Å². The smallest absolute Gasteiger partial charge is 0.243 e. The van der Waals surface area contributed by atoms with E-state index >= 15 is 0 Å². The molecule has 1 fully saturated rings. The minimum absolute atomic E-state index is 0.0125. The van der Waals surface area contributed by atoms with E-state index in [1.165, 1.54) is 11.1 Å². The van der Waals surface area contributed by atoms with E-state index in [9.17, 15) is 9.59 Å². The van der Waals surface area contributed by atoms with Gasteiger partial charge in [0.25, 0.3) is 0 Å². The first-order chi connectivity index (χ1) is 13.5. The molecule has 1 aromatic rings. The molecule has 4 atom stereocenters. The molecular formula is C22H31N3O3. The summed E-state index contributed by atoms with van der Waals surface area (Å²) in [4.78, 5) is 27.5. The second-order valence-corrected chi connectivity index (χ2v) is 7.69. The molecule has 1 aromatic carbocycles. The number of hydrogen-bond donors (Lipinski definition) is 2. The first kappa shape index (κ1) is 20.6. The van der Waals surface area contributed by atoms with Crippen LogP contribution in [-0.2, 0) is 20.7 Å². The van der Waals surface area contributed by atoms with E-state index in [0.717, 1.165) is 25.7 Å². The van der Waals surface area contributed by atoms with E-state index in [0.29, 0.717) is 19.6 Å². The lowest BCUT2D eigenvalue weighted by atomic mass is 9.87. The standard InChI is InChI=1S/C22H31N3O3/c1-3-14-28-15(2)20(23)22(27)25-13-7-12-19(25)21(26)24-18-11-6-9-16-8-4-5-10-17(16)18/h3-5,8,10,15,18-20H,1,6-7,9,11-14,23H2,2H3,(H,24,26)/t15-,18?,19+,20+/m1/s1. The summed E-state index contributed by atoms with van der Waals surface area (Å²) in [5, 5.41) is 3.19. The van der Waals surface area contributed by atoms with Crippen LogP contribution in [0.25, 0.3) is 0 Å². The zero-order valence-corrected chi connectivity index (χ0v) is 16.6. The van der Waals surface area contributed by atoms with Crippen LogP contribution < -0.4 is 11.1 Å². The summed E-state index contributed by atoms with van der Waals surface area (Å²) in [5.41, 5.74) is 8.60. The molecule has 1 saturated heterocycles. The van der Waals surface area contributed by atoms with Crippen LogP contribution in [0.1, 0.15) is 49.8 Å². The van der Waals surface area contributed by atoms with E-state index < -0.39 is 18.2 Å². The predicted molar refractivity (Wildman–Crippen MR) is 109 cm³/mol. The second kappa shape index (κ2) is 9.34. The fourth-order valence-electron chi connectivity index (χ4n) is 4.19. The predicted octanol–water partition coefficient (Wildman–Crippen LogP) is 2.09. The Morgan fingerprint density at radius 3 is 2.93 bits per heavy atom. The number of carbonyl (C=O) groups is 2. The second-order valence-electron chi connectivity index (χ2n) is 7.69. The maximum Gasteiger partial charge on any atom is 0.243 e. The van der Waals surface area contributed by atoms with E-state index in [2.05, 4.69) is 24.0 Å². The summed E-state index contributed by atoms with van der Waals surface area (Å²) in [5.74, 6) is -0.308. The Morgan fingerprint density at radius 2 is 2.14 bits per heavy atom. The Hall–Kier alpha value is -2.18. The van der Waals surface area contributed by atoms with Crippen molar-refractivity contribution in [2.24, 2.45) is 5.73 Å². The number of nitrogens with two attached hydrogens (primary N) is 1. The number of ether oxygens (including phenoxy) is 1. The molecule has 6 heteroatoms. The molecule has 3 N–H and O–H groups in total. The van der Waals surface area contributed by atoms with Crippen molar-refractivity contribution in [2.45, 2.75) is 63.3 Å². The molecule has 6 nitrogen and oxygen atoms in total. The van der Waals surface area contributed by atoms with Gasteiger partial charge in [-0.1, -0.05) is 30.3 Å². The zero-order chi connectivity index (χ0) is 20.1. The number of benzene rings is 1. The number of rotatable bonds is 7. The number of fused-ring (bicyclic) bond motifs is 1. The highest BCUT2D eigenvalue weighted by Gasteiger charge is 2.38. The van der Waals surface area contributed by atoms with Gasteiger partial charge in [-0.15, -0.1) is 6.58 Å². The highest BCUT2D eigenvalue weighted by Crippen LogP contribution is 2.30. The van der Waals surface area contributed by atoms with Crippen molar-refractivity contribution in [3.05, 3.63) is 48.0 Å². The lowest BCUT2D eigenvalue weighted by molar-refractivity contribution is -0.142. The largest absolute Gasteiger partial charge is 0.372 e. The fourth-order valence-corrected chi connectivity index (χ4v) is 4.19. The summed E-state index contributed by atoms with van der Waals surface area (Å²) in [7, 11) is 0. The SMILES string of the molecule is C=CCO[C@H](C)[C@H](N)C(=O)N1CCC[C@H]1C(=O)NC1CCCc2ccccc21. The minimum Gasteiger partial charge on any atom is -0.372 e. The Labute approximate surface area is 167 Å². The summed E-state index contributed by atoms with van der Waals surface area (Å²) < 4.78 is 5.50. The number of hydrogen-bond acceptors (Lipinski definition) is 4. The Balaban J connectivity index is 1.65. The van der Waals surface area contributed by atoms with Crippen molar-refractivity contribution in [2.75, 3.05) is 13.2 Å². The van der Waals surface area contributed by atoms with Crippen molar-refractivity contribution in [1.29, 1.82) is 0 Å². The van der Waals surface area contributed by atoms with Crippen molar-refractivity contribution in [1.82, 2.24) is 10.2 Å². The number of aryl methyl sites for hydroxylation is 1. The summed E-state index contributed by atoms with van der Waals surface area (Å²) in [6, 6.07) is 7.03. The van der Waals surface area contributed by atoms with Gasteiger partial charge in [0.2, 0.25) is 11.8 Å². The third kappa shape index (κ3) is 4.45. The molecule has 0 spiro atoms. The third-order valence-electron chi connectivity index (χ3n) is 5.79. The van der Waals surface area contributed by atoms with E-state index in [1.807, 2.05) is 12.1 Å². The lowest BCUT2D eigenvalue weighted by Crippen LogP contribution is -2.55. The molecule has 3 rings (SSSR count). The van der Waals surface area contributed by atoms with Crippen molar-refractivity contribution in [3.8, 4) is 0 Å². The molecular weight excluding hydrogens is 354 g/mol. The molecule has 2 aliphatic rings. The summed E-state index contributed by atoms with van der Waals surface area (Å²) >= 11 is 0. The van der Waals surface area contributed by atoms with Gasteiger partial charge in [0.1, 0.15) is 12.1 Å². The van der Waals surface area contributed by atoms with Crippen LogP contribution in [-0.4, -0.2) is 48.1 Å². The van der Waals surface area contributed by atoms with Gasteiger partial charge in [-0.05, 0) is 50.2 Å². The van der Waals surface area contributed by atoms with Crippen molar-refractivity contribution >= 4 is 11.8 Å². The number of nitrogens with zero attached hydrogens (tertiary/aromatic N) is 1. The van der Waals surface area contributed by atoms with E-state index in [-0.39, 0.29) is 17.9 Å². The van der Waals surface area contributed by atoms with Gasteiger partial charge in [-0.2, -0.15) is 0 Å². The maximum absolute atomic E-state index is 13.0. The quantitative estimate of drug-likeness (QED) is 0.704. The van der Waals surface area contributed by atoms with E-state index in [4.69, 9.17) is 10.5 Å². The summed E-state index contributed by atoms with van der Waals surface area (Å²) in [6.45, 7) is 6.28. The van der Waals surface area contributed by atoms with Crippen LogP contribution in [0.5, 0.6) is 0 Å². The van der Waals surface area contributed by atoms with Gasteiger partial charge in [0, 0.05) is 6.54 Å². The maximum atomic E-state index is 13.0. The van der Waals surface area contributed by atoms with Gasteiger partial charge in [-0.25, -0.2) is 0 Å². The number of carbonyl (C=O) groups excluding carboxylic acids is 2. The molecule has 152 valence electrons. The molecule has 0 radical (unpaired) electrons. The molecule has 1 unspecified atom stereocenters. The average molecular weight is 386 g/mol. The minimum atomic E-state index is -0.788. The molecule has 28 heavy (non-hydrogen) atoms. The van der Waals surface area contributed by atoms with Crippen LogP contribution >= 0.6 is 0 Å². The average Bonchev–Trinajstić information content (AvgIpc) is 3.21. The third-order valence-corrected chi connectivity index (χ3v) is 5.79. The van der Waals surface area contributed by atoms with Crippen LogP contribution in [0.2, 0.25) is 0 Å². The highest BCUT2D eigenvalue weighted by molar-refractivity contribution is 5.90. The first-order valence-electron chi connectivity index (χ1n) is 10.2. The number of nitrogens with one attached hydrogen (secondary N) is 1. The van der Waals surface area contributed by atoms with E-state index in [1.54, 1.807) is 17.9 Å². The highest BCUT2D eigenvalue weighted by atomic mass is 16.5. The van der Waals surface area contributed by atoms with Gasteiger partial charge in [0.05, 0.1) is 18.8 Å². The molecule has 0 bridgehead atoms. The van der Waals surface area contributed by atoms with Crippen LogP contribution in [0, 0.1) is 0 Å². The zero-order valence-electron chi connectivity index (χ0n) is 16.6. The molecule has 1 aliphatic carbocycles. The Kier molecular flexibility index (Phi) is 6.86. The van der Waals surface area contributed by atoms with Crippen LogP contribution in [0.3, 0.4) is 0 Å². The van der Waals surface area contributed by atoms with Gasteiger partial charge < -0.3 is 20.7 Å². The van der Waals surface area contributed by atoms with Gasteiger partial charge >= 0.3 is 0 Å². The van der Waals surface area contributed by atoms with Gasteiger partial charge in [-0.3, -0.25) is 9.59 Å². The lowest BCUT2D eigenvalue weighted by Gasteiger charge is -2.31. The first-order valence-corrected chi connectivity index (χ1v) is 10.2.